The van der Waals surface area contributed by atoms with E-state index in [0.29, 0.717) is 23.5 Å². The van der Waals surface area contributed by atoms with Crippen LogP contribution in [0.1, 0.15) is 24.2 Å². The molecular formula is C24H28N6O3. The quantitative estimate of drug-likeness (QED) is 0.428. The summed E-state index contributed by atoms with van der Waals surface area (Å²) in [4.78, 5) is 36.0. The fourth-order valence-corrected chi connectivity index (χ4v) is 3.26. The third-order valence-electron chi connectivity index (χ3n) is 5.09. The molecule has 3 N–H and O–H groups in total. The molecule has 0 aliphatic carbocycles. The Labute approximate surface area is 193 Å². The molecule has 0 saturated carbocycles. The molecule has 3 aromatic rings. The summed E-state index contributed by atoms with van der Waals surface area (Å²) >= 11 is 0. The summed E-state index contributed by atoms with van der Waals surface area (Å²) in [5.41, 5.74) is 1.70. The highest BCUT2D eigenvalue weighted by Crippen LogP contribution is 2.24. The second-order valence-electron chi connectivity index (χ2n) is 7.18. The lowest BCUT2D eigenvalue weighted by molar-refractivity contribution is 0.0949. The van der Waals surface area contributed by atoms with E-state index < -0.39 is 6.09 Å². The van der Waals surface area contributed by atoms with E-state index in [1.807, 2.05) is 6.07 Å². The molecule has 0 saturated heterocycles. The van der Waals surface area contributed by atoms with Gasteiger partial charge >= 0.3 is 6.09 Å². The maximum atomic E-state index is 12.4. The number of para-hydroxylation sites is 1. The van der Waals surface area contributed by atoms with Gasteiger partial charge in [0, 0.05) is 36.6 Å². The van der Waals surface area contributed by atoms with Crippen molar-refractivity contribution in [3.05, 3.63) is 72.4 Å². The van der Waals surface area contributed by atoms with Gasteiger partial charge in [0.05, 0.1) is 5.69 Å². The average molecular weight is 449 g/mol. The van der Waals surface area contributed by atoms with Gasteiger partial charge in [-0.25, -0.2) is 14.7 Å². The highest BCUT2D eigenvalue weighted by atomic mass is 16.4. The lowest BCUT2D eigenvalue weighted by atomic mass is 10.2. The van der Waals surface area contributed by atoms with E-state index in [4.69, 9.17) is 0 Å². The van der Waals surface area contributed by atoms with Crippen molar-refractivity contribution in [1.29, 1.82) is 0 Å². The minimum Gasteiger partial charge on any atom is -0.464 e. The standard InChI is InChI=1S/C24H28N6O3/c1-3-29(4-2)17-16-25-22(31)18-10-12-19(13-11-18)27-23-26-15-14-21(28-23)30(24(32)33)20-8-6-5-7-9-20/h5-15H,3-4,16-17H2,1-2H3,(H,25,31)(H,32,33)(H,26,27,28). The van der Waals surface area contributed by atoms with Crippen LogP contribution in [0, 0.1) is 0 Å². The molecule has 0 bridgehead atoms. The molecule has 33 heavy (non-hydrogen) atoms. The monoisotopic (exact) mass is 448 g/mol. The van der Waals surface area contributed by atoms with Gasteiger partial charge in [0.15, 0.2) is 0 Å². The van der Waals surface area contributed by atoms with Gasteiger partial charge in [-0.1, -0.05) is 32.0 Å². The van der Waals surface area contributed by atoms with Gasteiger partial charge in [-0.05, 0) is 49.5 Å². The minimum absolute atomic E-state index is 0.132. The van der Waals surface area contributed by atoms with Crippen LogP contribution in [0.2, 0.25) is 0 Å². The zero-order valence-electron chi connectivity index (χ0n) is 18.7. The van der Waals surface area contributed by atoms with Crippen molar-refractivity contribution in [2.24, 2.45) is 0 Å². The molecule has 172 valence electrons. The zero-order valence-corrected chi connectivity index (χ0v) is 18.7. The van der Waals surface area contributed by atoms with Crippen LogP contribution in [0.4, 0.5) is 27.9 Å². The van der Waals surface area contributed by atoms with Crippen molar-refractivity contribution >= 4 is 35.1 Å². The first kappa shape index (κ1) is 23.7. The number of aromatic nitrogens is 2. The Bertz CT molecular complexity index is 1060. The van der Waals surface area contributed by atoms with E-state index >= 15 is 0 Å². The van der Waals surface area contributed by atoms with Gasteiger partial charge in [0.25, 0.3) is 5.91 Å². The molecule has 0 fully saturated rings. The van der Waals surface area contributed by atoms with Crippen LogP contribution in [0.15, 0.2) is 66.9 Å². The van der Waals surface area contributed by atoms with Gasteiger partial charge in [0.1, 0.15) is 5.82 Å². The van der Waals surface area contributed by atoms with Gasteiger partial charge in [-0.3, -0.25) is 4.79 Å². The first-order valence-electron chi connectivity index (χ1n) is 10.8. The predicted molar refractivity (Wildman–Crippen MR) is 128 cm³/mol. The van der Waals surface area contributed by atoms with E-state index in [9.17, 15) is 14.7 Å². The number of nitrogens with one attached hydrogen (secondary N) is 2. The SMILES string of the molecule is CCN(CC)CCNC(=O)c1ccc(Nc2nccc(N(C(=O)O)c3ccccc3)n2)cc1. The lowest BCUT2D eigenvalue weighted by Gasteiger charge is -2.18. The Morgan fingerprint density at radius 3 is 2.30 bits per heavy atom. The summed E-state index contributed by atoms with van der Waals surface area (Å²) < 4.78 is 0. The molecule has 9 nitrogen and oxygen atoms in total. The van der Waals surface area contributed by atoms with Crippen LogP contribution in [0.25, 0.3) is 0 Å². The predicted octanol–water partition coefficient (Wildman–Crippen LogP) is 4.11. The van der Waals surface area contributed by atoms with Crippen molar-refractivity contribution in [3.63, 3.8) is 0 Å². The van der Waals surface area contributed by atoms with Crippen LogP contribution >= 0.6 is 0 Å². The third-order valence-corrected chi connectivity index (χ3v) is 5.09. The second-order valence-corrected chi connectivity index (χ2v) is 7.18. The molecule has 2 aromatic carbocycles. The number of likely N-dealkylation sites (N-methyl/N-ethyl adjacent to an activating group) is 1. The Morgan fingerprint density at radius 1 is 0.970 bits per heavy atom. The maximum absolute atomic E-state index is 12.4. The first-order valence-corrected chi connectivity index (χ1v) is 10.8. The summed E-state index contributed by atoms with van der Waals surface area (Å²) in [5, 5.41) is 15.6. The molecule has 3 rings (SSSR count). The smallest absolute Gasteiger partial charge is 0.417 e. The normalized spacial score (nSPS) is 10.6. The number of hydrogen-bond acceptors (Lipinski definition) is 6. The largest absolute Gasteiger partial charge is 0.464 e. The average Bonchev–Trinajstić information content (AvgIpc) is 2.83. The molecule has 0 spiro atoms. The number of amides is 2. The van der Waals surface area contributed by atoms with Crippen LogP contribution in [0.5, 0.6) is 0 Å². The molecule has 0 radical (unpaired) electrons. The molecule has 1 heterocycles. The van der Waals surface area contributed by atoms with E-state index in [1.54, 1.807) is 48.5 Å². The third kappa shape index (κ3) is 6.50. The van der Waals surface area contributed by atoms with E-state index in [-0.39, 0.29) is 17.7 Å². The van der Waals surface area contributed by atoms with Crippen LogP contribution in [-0.2, 0) is 0 Å². The number of hydrogen-bond donors (Lipinski definition) is 3. The summed E-state index contributed by atoms with van der Waals surface area (Å²) in [5.74, 6) is 0.327. The highest BCUT2D eigenvalue weighted by molar-refractivity contribution is 5.95. The van der Waals surface area contributed by atoms with Crippen LogP contribution < -0.4 is 15.5 Å². The van der Waals surface area contributed by atoms with Crippen molar-refractivity contribution < 1.29 is 14.7 Å². The Morgan fingerprint density at radius 2 is 1.67 bits per heavy atom. The molecule has 1 aromatic heterocycles. The van der Waals surface area contributed by atoms with Gasteiger partial charge in [-0.2, -0.15) is 4.98 Å². The van der Waals surface area contributed by atoms with E-state index in [2.05, 4.69) is 39.3 Å². The number of carboxylic acid groups (broad SMARTS) is 1. The number of carbonyl (C=O) groups excluding carboxylic acids is 1. The van der Waals surface area contributed by atoms with Gasteiger partial charge in [0.2, 0.25) is 5.95 Å². The number of carbonyl (C=O) groups is 2. The minimum atomic E-state index is -1.15. The number of rotatable bonds is 10. The first-order chi connectivity index (χ1) is 16.0. The van der Waals surface area contributed by atoms with E-state index in [0.717, 1.165) is 24.5 Å². The molecule has 9 heteroatoms. The Balaban J connectivity index is 1.65. The fraction of sp³-hybridized carbons (Fsp3) is 0.250. The molecule has 0 aliphatic rings. The molecule has 0 unspecified atom stereocenters. The van der Waals surface area contributed by atoms with Crippen LogP contribution in [-0.4, -0.2) is 58.2 Å². The fourth-order valence-electron chi connectivity index (χ4n) is 3.26. The molecule has 0 aliphatic heterocycles. The van der Waals surface area contributed by atoms with E-state index in [1.165, 1.54) is 12.3 Å². The summed E-state index contributed by atoms with van der Waals surface area (Å²) in [6.07, 6.45) is 0.337. The topological polar surface area (TPSA) is 111 Å². The molecule has 0 atom stereocenters. The van der Waals surface area contributed by atoms with Crippen molar-refractivity contribution in [3.8, 4) is 0 Å². The Kier molecular flexibility index (Phi) is 8.31. The van der Waals surface area contributed by atoms with Crippen molar-refractivity contribution in [2.75, 3.05) is 36.4 Å². The van der Waals surface area contributed by atoms with Gasteiger partial charge in [-0.15, -0.1) is 0 Å². The van der Waals surface area contributed by atoms with Crippen molar-refractivity contribution in [1.82, 2.24) is 20.2 Å². The second kappa shape index (κ2) is 11.6. The highest BCUT2D eigenvalue weighted by Gasteiger charge is 2.18. The summed E-state index contributed by atoms with van der Waals surface area (Å²) in [7, 11) is 0. The Hall–Kier alpha value is -3.98. The molecule has 2 amide bonds. The number of anilines is 4. The number of benzene rings is 2. The molecular weight excluding hydrogens is 420 g/mol. The zero-order chi connectivity index (χ0) is 23.6. The lowest BCUT2D eigenvalue weighted by Crippen LogP contribution is -2.34. The number of nitrogens with zero attached hydrogens (tertiary/aromatic N) is 4. The van der Waals surface area contributed by atoms with Crippen LogP contribution in [0.3, 0.4) is 0 Å². The van der Waals surface area contributed by atoms with Crippen molar-refractivity contribution in [2.45, 2.75) is 13.8 Å². The summed E-state index contributed by atoms with van der Waals surface area (Å²) in [6, 6.07) is 17.2. The maximum Gasteiger partial charge on any atom is 0.417 e. The summed E-state index contributed by atoms with van der Waals surface area (Å²) in [6.45, 7) is 7.48. The van der Waals surface area contributed by atoms with Gasteiger partial charge < -0.3 is 20.6 Å².